The number of aryl methyl sites for hydroxylation is 2. The molecule has 0 atom stereocenters. The summed E-state index contributed by atoms with van der Waals surface area (Å²) < 4.78 is 0. The molecule has 0 radical (unpaired) electrons. The third kappa shape index (κ3) is 3.83. The van der Waals surface area contributed by atoms with Crippen LogP contribution in [0.15, 0.2) is 23.1 Å². The van der Waals surface area contributed by atoms with Crippen LogP contribution in [0.4, 0.5) is 0 Å². The maximum absolute atomic E-state index is 5.44. The molecule has 0 heterocycles. The van der Waals surface area contributed by atoms with Crippen molar-refractivity contribution in [3.8, 4) is 0 Å². The Balaban J connectivity index is 2.56. The molecule has 0 aliphatic heterocycles. The zero-order valence-electron chi connectivity index (χ0n) is 8.34. The first-order valence-corrected chi connectivity index (χ1v) is 5.62. The van der Waals surface area contributed by atoms with E-state index in [9.17, 15) is 0 Å². The molecule has 0 spiro atoms. The molecule has 1 aromatic carbocycles. The van der Waals surface area contributed by atoms with Gasteiger partial charge in [-0.05, 0) is 55.8 Å². The Bertz CT molecular complexity index is 251. The smallest absolute Gasteiger partial charge is 0.00772 e. The Morgan fingerprint density at radius 3 is 2.31 bits per heavy atom. The minimum Gasteiger partial charge on any atom is -0.330 e. The van der Waals surface area contributed by atoms with Gasteiger partial charge in [-0.2, -0.15) is 0 Å². The van der Waals surface area contributed by atoms with Crippen LogP contribution in [0.2, 0.25) is 0 Å². The van der Waals surface area contributed by atoms with Crippen LogP contribution in [-0.4, -0.2) is 12.3 Å². The molecule has 0 aliphatic rings. The summed E-state index contributed by atoms with van der Waals surface area (Å²) in [5, 5.41) is 0. The molecule has 0 saturated heterocycles. The van der Waals surface area contributed by atoms with Crippen LogP contribution in [0.5, 0.6) is 0 Å². The average molecular weight is 195 g/mol. The van der Waals surface area contributed by atoms with E-state index in [1.54, 1.807) is 0 Å². The summed E-state index contributed by atoms with van der Waals surface area (Å²) in [4.78, 5) is 1.37. The third-order valence-corrected chi connectivity index (χ3v) is 2.87. The summed E-state index contributed by atoms with van der Waals surface area (Å²) >= 11 is 1.89. The standard InChI is InChI=1S/C11H17NS/c1-9-6-10(2)8-11(7-9)13-5-3-4-12/h6-8H,3-5,12H2,1-2H3. The zero-order valence-corrected chi connectivity index (χ0v) is 9.16. The quantitative estimate of drug-likeness (QED) is 0.590. The van der Waals surface area contributed by atoms with Crippen molar-refractivity contribution in [2.75, 3.05) is 12.3 Å². The van der Waals surface area contributed by atoms with E-state index in [0.29, 0.717) is 0 Å². The van der Waals surface area contributed by atoms with Crippen molar-refractivity contribution in [1.82, 2.24) is 0 Å². The van der Waals surface area contributed by atoms with Gasteiger partial charge in [0.2, 0.25) is 0 Å². The van der Waals surface area contributed by atoms with Crippen molar-refractivity contribution in [3.63, 3.8) is 0 Å². The molecule has 72 valence electrons. The first-order valence-electron chi connectivity index (χ1n) is 4.63. The maximum Gasteiger partial charge on any atom is 0.00772 e. The molecule has 0 saturated carbocycles. The van der Waals surface area contributed by atoms with Crippen LogP contribution >= 0.6 is 11.8 Å². The Morgan fingerprint density at radius 1 is 1.15 bits per heavy atom. The molecular weight excluding hydrogens is 178 g/mol. The topological polar surface area (TPSA) is 26.0 Å². The van der Waals surface area contributed by atoms with Crippen LogP contribution in [0.1, 0.15) is 17.5 Å². The Hall–Kier alpha value is -0.470. The van der Waals surface area contributed by atoms with Crippen LogP contribution in [0.3, 0.4) is 0 Å². The molecule has 13 heavy (non-hydrogen) atoms. The Kier molecular flexibility index (Phi) is 4.33. The molecule has 0 aliphatic carbocycles. The number of rotatable bonds is 4. The maximum atomic E-state index is 5.44. The van der Waals surface area contributed by atoms with E-state index < -0.39 is 0 Å². The lowest BCUT2D eigenvalue weighted by molar-refractivity contribution is 0.943. The van der Waals surface area contributed by atoms with Crippen LogP contribution in [0, 0.1) is 13.8 Å². The second-order valence-electron chi connectivity index (χ2n) is 3.31. The van der Waals surface area contributed by atoms with Gasteiger partial charge in [0, 0.05) is 4.90 Å². The van der Waals surface area contributed by atoms with E-state index in [1.165, 1.54) is 16.0 Å². The first-order chi connectivity index (χ1) is 6.22. The largest absolute Gasteiger partial charge is 0.330 e. The van der Waals surface area contributed by atoms with Gasteiger partial charge >= 0.3 is 0 Å². The SMILES string of the molecule is Cc1cc(C)cc(SCCCN)c1. The van der Waals surface area contributed by atoms with Gasteiger partial charge in [0.25, 0.3) is 0 Å². The highest BCUT2D eigenvalue weighted by Gasteiger charge is 1.95. The Morgan fingerprint density at radius 2 is 1.77 bits per heavy atom. The van der Waals surface area contributed by atoms with Gasteiger partial charge in [-0.3, -0.25) is 0 Å². The van der Waals surface area contributed by atoms with Crippen molar-refractivity contribution in [3.05, 3.63) is 29.3 Å². The molecule has 0 amide bonds. The predicted molar refractivity (Wildman–Crippen MR) is 60.3 cm³/mol. The minimum atomic E-state index is 0.789. The Labute approximate surface area is 84.7 Å². The fourth-order valence-electron chi connectivity index (χ4n) is 1.29. The molecule has 0 aromatic heterocycles. The number of hydrogen-bond donors (Lipinski definition) is 1. The van der Waals surface area contributed by atoms with E-state index in [4.69, 9.17) is 5.73 Å². The van der Waals surface area contributed by atoms with E-state index in [-0.39, 0.29) is 0 Å². The zero-order chi connectivity index (χ0) is 9.68. The lowest BCUT2D eigenvalue weighted by Gasteiger charge is -2.03. The van der Waals surface area contributed by atoms with E-state index in [2.05, 4.69) is 32.0 Å². The van der Waals surface area contributed by atoms with Gasteiger partial charge in [0.05, 0.1) is 0 Å². The molecular formula is C11H17NS. The molecule has 1 rings (SSSR count). The minimum absolute atomic E-state index is 0.789. The molecule has 0 fully saturated rings. The number of hydrogen-bond acceptors (Lipinski definition) is 2. The second kappa shape index (κ2) is 5.30. The van der Waals surface area contributed by atoms with Crippen molar-refractivity contribution < 1.29 is 0 Å². The van der Waals surface area contributed by atoms with Gasteiger partial charge in [-0.25, -0.2) is 0 Å². The van der Waals surface area contributed by atoms with Crippen molar-refractivity contribution in [2.24, 2.45) is 5.73 Å². The molecule has 2 heteroatoms. The van der Waals surface area contributed by atoms with Gasteiger partial charge in [-0.15, -0.1) is 11.8 Å². The summed E-state index contributed by atoms with van der Waals surface area (Å²) in [5.41, 5.74) is 8.12. The first kappa shape index (κ1) is 10.6. The molecule has 2 N–H and O–H groups in total. The van der Waals surface area contributed by atoms with Crippen LogP contribution in [-0.2, 0) is 0 Å². The fraction of sp³-hybridized carbons (Fsp3) is 0.455. The summed E-state index contributed by atoms with van der Waals surface area (Å²) in [7, 11) is 0. The normalized spacial score (nSPS) is 10.4. The molecule has 0 bridgehead atoms. The number of benzene rings is 1. The van der Waals surface area contributed by atoms with E-state index >= 15 is 0 Å². The number of nitrogens with two attached hydrogens (primary N) is 1. The van der Waals surface area contributed by atoms with Crippen molar-refractivity contribution in [1.29, 1.82) is 0 Å². The summed E-state index contributed by atoms with van der Waals surface area (Å²) in [6.45, 7) is 5.07. The monoisotopic (exact) mass is 195 g/mol. The van der Waals surface area contributed by atoms with Crippen molar-refractivity contribution >= 4 is 11.8 Å². The number of thioether (sulfide) groups is 1. The summed E-state index contributed by atoms with van der Waals surface area (Å²) in [6.07, 6.45) is 1.09. The lowest BCUT2D eigenvalue weighted by Crippen LogP contribution is -1.99. The fourth-order valence-corrected chi connectivity index (χ4v) is 2.37. The van der Waals surface area contributed by atoms with Crippen LogP contribution < -0.4 is 5.73 Å². The van der Waals surface area contributed by atoms with Gasteiger partial charge in [-0.1, -0.05) is 6.07 Å². The van der Waals surface area contributed by atoms with E-state index in [0.717, 1.165) is 18.7 Å². The summed E-state index contributed by atoms with van der Waals surface area (Å²) in [6, 6.07) is 6.66. The average Bonchev–Trinajstić information content (AvgIpc) is 2.03. The van der Waals surface area contributed by atoms with Gasteiger partial charge in [0.15, 0.2) is 0 Å². The van der Waals surface area contributed by atoms with E-state index in [1.807, 2.05) is 11.8 Å². The second-order valence-corrected chi connectivity index (χ2v) is 4.48. The van der Waals surface area contributed by atoms with Gasteiger partial charge in [0.1, 0.15) is 0 Å². The van der Waals surface area contributed by atoms with Gasteiger partial charge < -0.3 is 5.73 Å². The third-order valence-electron chi connectivity index (χ3n) is 1.81. The predicted octanol–water partition coefficient (Wildman–Crippen LogP) is 2.74. The molecule has 0 unspecified atom stereocenters. The summed E-state index contributed by atoms with van der Waals surface area (Å²) in [5.74, 6) is 1.12. The highest BCUT2D eigenvalue weighted by atomic mass is 32.2. The molecule has 1 nitrogen and oxygen atoms in total. The highest BCUT2D eigenvalue weighted by molar-refractivity contribution is 7.99. The van der Waals surface area contributed by atoms with Crippen molar-refractivity contribution in [2.45, 2.75) is 25.2 Å². The highest BCUT2D eigenvalue weighted by Crippen LogP contribution is 2.21. The molecule has 1 aromatic rings. The lowest BCUT2D eigenvalue weighted by atomic mass is 10.2. The van der Waals surface area contributed by atoms with Crippen LogP contribution in [0.25, 0.3) is 0 Å².